The van der Waals surface area contributed by atoms with E-state index >= 15 is 4.39 Å². The van der Waals surface area contributed by atoms with Gasteiger partial charge < -0.3 is 4.90 Å². The first-order chi connectivity index (χ1) is 15.5. The van der Waals surface area contributed by atoms with Crippen LogP contribution in [0.15, 0.2) is 30.6 Å². The number of pyridine rings is 2. The minimum atomic E-state index is -0.364. The lowest BCUT2D eigenvalue weighted by Gasteiger charge is -2.26. The second kappa shape index (κ2) is 7.07. The Hall–Kier alpha value is -3.37. The SMILES string of the molecule is CN1NNc2nc(N3CCCCc4c(C#CC5(C)CC5)cccc43)c3c(F)cncc3c21. The minimum Gasteiger partial charge on any atom is -0.325 e. The van der Waals surface area contributed by atoms with Gasteiger partial charge in [-0.1, -0.05) is 17.9 Å². The van der Waals surface area contributed by atoms with Crippen molar-refractivity contribution >= 4 is 33.8 Å². The molecule has 0 spiro atoms. The number of benzene rings is 1. The maximum absolute atomic E-state index is 15.2. The van der Waals surface area contributed by atoms with Gasteiger partial charge in [-0.05, 0) is 56.7 Å². The normalized spacial score (nSPS) is 18.3. The van der Waals surface area contributed by atoms with Crippen LogP contribution in [-0.2, 0) is 6.42 Å². The molecule has 1 saturated carbocycles. The monoisotopic (exact) mass is 428 g/mol. The van der Waals surface area contributed by atoms with E-state index in [0.29, 0.717) is 17.0 Å². The lowest BCUT2D eigenvalue weighted by molar-refractivity contribution is 0.633. The number of hydrogen-bond donors (Lipinski definition) is 2. The first-order valence-corrected chi connectivity index (χ1v) is 11.2. The highest BCUT2D eigenvalue weighted by molar-refractivity contribution is 6.06. The third kappa shape index (κ3) is 3.06. The number of halogens is 1. The Morgan fingerprint density at radius 3 is 2.91 bits per heavy atom. The molecule has 3 aliphatic rings. The van der Waals surface area contributed by atoms with Crippen LogP contribution < -0.4 is 20.9 Å². The lowest BCUT2D eigenvalue weighted by atomic mass is 9.99. The Balaban J connectivity index is 1.56. The molecule has 1 aliphatic carbocycles. The predicted molar refractivity (Wildman–Crippen MR) is 125 cm³/mol. The summed E-state index contributed by atoms with van der Waals surface area (Å²) in [5.41, 5.74) is 10.5. The Kier molecular flexibility index (Phi) is 4.27. The number of fused-ring (bicyclic) bond motifs is 4. The summed E-state index contributed by atoms with van der Waals surface area (Å²) in [5, 5.41) is 3.03. The van der Waals surface area contributed by atoms with Gasteiger partial charge in [0.2, 0.25) is 0 Å². The molecule has 2 N–H and O–H groups in total. The van der Waals surface area contributed by atoms with Gasteiger partial charge in [-0.25, -0.2) is 9.37 Å². The van der Waals surface area contributed by atoms with Gasteiger partial charge in [0.25, 0.3) is 0 Å². The van der Waals surface area contributed by atoms with Gasteiger partial charge in [-0.3, -0.25) is 15.4 Å². The predicted octanol–water partition coefficient (Wildman–Crippen LogP) is 4.68. The standard InChI is InChI=1S/C25H25FN6/c1-25(11-12-25)10-9-16-6-5-8-20-17(16)7-3-4-13-32(20)24-21-18(14-27-15-19(21)26)22-23(28-24)29-30-31(22)2/h5-6,8,14-15,30H,3-4,7,11-13H2,1-2H3,(H,28,29). The number of hydrazine groups is 2. The van der Waals surface area contributed by atoms with E-state index in [2.05, 4.69) is 57.8 Å². The Labute approximate surface area is 186 Å². The average Bonchev–Trinajstić information content (AvgIpc) is 3.47. The molecule has 6 rings (SSSR count). The number of nitrogens with one attached hydrogen (secondary N) is 2. The van der Waals surface area contributed by atoms with Crippen molar-refractivity contribution in [3.63, 3.8) is 0 Å². The van der Waals surface area contributed by atoms with Crippen molar-refractivity contribution in [3.05, 3.63) is 47.5 Å². The molecule has 7 heteroatoms. The van der Waals surface area contributed by atoms with Gasteiger partial charge in [0.15, 0.2) is 11.6 Å². The van der Waals surface area contributed by atoms with Crippen LogP contribution in [0.5, 0.6) is 0 Å². The summed E-state index contributed by atoms with van der Waals surface area (Å²) in [4.78, 5) is 11.2. The molecule has 6 nitrogen and oxygen atoms in total. The Bertz CT molecular complexity index is 1300. The fraction of sp³-hybridized carbons (Fsp3) is 0.360. The highest BCUT2D eigenvalue weighted by Gasteiger charge is 2.35. The van der Waals surface area contributed by atoms with Crippen LogP contribution >= 0.6 is 0 Å². The van der Waals surface area contributed by atoms with Crippen molar-refractivity contribution < 1.29 is 4.39 Å². The zero-order chi connectivity index (χ0) is 21.9. The first-order valence-electron chi connectivity index (χ1n) is 11.2. The van der Waals surface area contributed by atoms with Crippen LogP contribution in [0.2, 0.25) is 0 Å². The molecular formula is C25H25FN6. The van der Waals surface area contributed by atoms with Crippen molar-refractivity contribution in [2.45, 2.75) is 39.0 Å². The fourth-order valence-electron chi connectivity index (χ4n) is 4.65. The van der Waals surface area contributed by atoms with Gasteiger partial charge in [0.05, 0.1) is 11.6 Å². The fourth-order valence-corrected chi connectivity index (χ4v) is 4.65. The molecule has 32 heavy (non-hydrogen) atoms. The smallest absolute Gasteiger partial charge is 0.169 e. The molecule has 2 aliphatic heterocycles. The highest BCUT2D eigenvalue weighted by Crippen LogP contribution is 2.45. The topological polar surface area (TPSA) is 56.3 Å². The number of aromatic nitrogens is 2. The molecular weight excluding hydrogens is 403 g/mol. The first kappa shape index (κ1) is 19.3. The molecule has 162 valence electrons. The number of rotatable bonds is 1. The average molecular weight is 429 g/mol. The maximum atomic E-state index is 15.2. The minimum absolute atomic E-state index is 0.172. The van der Waals surface area contributed by atoms with Crippen molar-refractivity contribution in [1.82, 2.24) is 15.5 Å². The summed E-state index contributed by atoms with van der Waals surface area (Å²) in [6, 6.07) is 6.28. The van der Waals surface area contributed by atoms with Crippen LogP contribution in [0.25, 0.3) is 10.8 Å². The van der Waals surface area contributed by atoms with Gasteiger partial charge >= 0.3 is 0 Å². The molecule has 3 aromatic rings. The van der Waals surface area contributed by atoms with E-state index in [1.807, 2.05) is 7.05 Å². The lowest BCUT2D eigenvalue weighted by Crippen LogP contribution is -2.31. The van der Waals surface area contributed by atoms with Crippen molar-refractivity contribution in [2.24, 2.45) is 5.41 Å². The molecule has 4 heterocycles. The molecule has 0 radical (unpaired) electrons. The second-order valence-corrected chi connectivity index (χ2v) is 9.19. The number of anilines is 4. The summed E-state index contributed by atoms with van der Waals surface area (Å²) in [6.07, 6.45) is 8.36. The summed E-state index contributed by atoms with van der Waals surface area (Å²) >= 11 is 0. The van der Waals surface area contributed by atoms with Crippen LogP contribution in [0.1, 0.15) is 43.7 Å². The van der Waals surface area contributed by atoms with Crippen LogP contribution in [0.3, 0.4) is 0 Å². The van der Waals surface area contributed by atoms with E-state index in [0.717, 1.165) is 48.1 Å². The zero-order valence-corrected chi connectivity index (χ0v) is 18.3. The summed E-state index contributed by atoms with van der Waals surface area (Å²) in [7, 11) is 1.87. The van der Waals surface area contributed by atoms with Gasteiger partial charge in [-0.15, -0.1) is 5.53 Å². The molecule has 0 atom stereocenters. The summed E-state index contributed by atoms with van der Waals surface area (Å²) in [5.74, 6) is 7.86. The maximum Gasteiger partial charge on any atom is 0.169 e. The third-order valence-corrected chi connectivity index (χ3v) is 6.75. The summed E-state index contributed by atoms with van der Waals surface area (Å²) in [6.45, 7) is 3.00. The molecule has 2 aromatic heterocycles. The molecule has 0 unspecified atom stereocenters. The van der Waals surface area contributed by atoms with Gasteiger partial charge in [0.1, 0.15) is 11.5 Å². The third-order valence-electron chi connectivity index (χ3n) is 6.75. The van der Waals surface area contributed by atoms with E-state index < -0.39 is 0 Å². The van der Waals surface area contributed by atoms with E-state index in [4.69, 9.17) is 4.98 Å². The molecule has 1 aromatic carbocycles. The van der Waals surface area contributed by atoms with Crippen LogP contribution in [0.4, 0.5) is 27.4 Å². The van der Waals surface area contributed by atoms with Crippen molar-refractivity contribution in [3.8, 4) is 11.8 Å². The van der Waals surface area contributed by atoms with Crippen LogP contribution in [-0.4, -0.2) is 23.6 Å². The van der Waals surface area contributed by atoms with Gasteiger partial charge in [-0.2, -0.15) is 0 Å². The quantitative estimate of drug-likeness (QED) is 0.549. The Morgan fingerprint density at radius 1 is 1.19 bits per heavy atom. The number of hydrogen-bond acceptors (Lipinski definition) is 6. The molecule has 0 amide bonds. The molecule has 0 saturated heterocycles. The van der Waals surface area contributed by atoms with Crippen molar-refractivity contribution in [1.29, 1.82) is 0 Å². The van der Waals surface area contributed by atoms with Gasteiger partial charge in [0, 0.05) is 41.8 Å². The Morgan fingerprint density at radius 2 is 2.06 bits per heavy atom. The highest BCUT2D eigenvalue weighted by atomic mass is 19.1. The second-order valence-electron chi connectivity index (χ2n) is 9.19. The molecule has 0 bridgehead atoms. The van der Waals surface area contributed by atoms with Crippen LogP contribution in [0, 0.1) is 23.1 Å². The van der Waals surface area contributed by atoms with E-state index in [1.165, 1.54) is 24.6 Å². The number of nitrogens with zero attached hydrogens (tertiary/aromatic N) is 4. The van der Waals surface area contributed by atoms with E-state index in [-0.39, 0.29) is 11.2 Å². The van der Waals surface area contributed by atoms with E-state index in [1.54, 1.807) is 11.2 Å². The van der Waals surface area contributed by atoms with E-state index in [9.17, 15) is 0 Å². The van der Waals surface area contributed by atoms with Crippen molar-refractivity contribution in [2.75, 3.05) is 28.9 Å². The largest absolute Gasteiger partial charge is 0.325 e. The molecule has 1 fully saturated rings. The summed E-state index contributed by atoms with van der Waals surface area (Å²) < 4.78 is 15.2. The zero-order valence-electron chi connectivity index (χ0n) is 18.3.